The standard InChI is InChI=1S/C27H34N6O8S/c28-19(15-42)25(39)33-21(11-17-6-8-18(34)9-7-17)27(41)31-13-23(36)32-20(10-16-4-2-1-3-5-16)26(40)30-12-22(35)29-14-24(37)38/h1-9,19-21,34,42H,10-15,28H2,(H,29,35)(H,30,40)(H,31,41)(H,32,36)(H,33,39)(H,37,38)/t19-,20-,21-/m0/s1. The molecule has 2 aromatic carbocycles. The van der Waals surface area contributed by atoms with E-state index in [0.717, 1.165) is 0 Å². The van der Waals surface area contributed by atoms with E-state index in [4.69, 9.17) is 10.8 Å². The number of aliphatic carboxylic acids is 1. The molecule has 14 nitrogen and oxygen atoms in total. The van der Waals surface area contributed by atoms with Gasteiger partial charge < -0.3 is 42.5 Å². The van der Waals surface area contributed by atoms with E-state index < -0.39 is 73.3 Å². The number of phenols is 1. The van der Waals surface area contributed by atoms with Crippen LogP contribution >= 0.6 is 12.6 Å². The van der Waals surface area contributed by atoms with Gasteiger partial charge in [0.1, 0.15) is 24.4 Å². The lowest BCUT2D eigenvalue weighted by molar-refractivity contribution is -0.138. The van der Waals surface area contributed by atoms with Gasteiger partial charge in [-0.1, -0.05) is 42.5 Å². The molecule has 0 bridgehead atoms. The second-order valence-electron chi connectivity index (χ2n) is 9.14. The molecule has 0 saturated heterocycles. The summed E-state index contributed by atoms with van der Waals surface area (Å²) in [5.74, 6) is -4.68. The molecule has 3 atom stereocenters. The van der Waals surface area contributed by atoms with Crippen LogP contribution < -0.4 is 32.3 Å². The van der Waals surface area contributed by atoms with Crippen molar-refractivity contribution in [1.29, 1.82) is 0 Å². The van der Waals surface area contributed by atoms with Crippen LogP contribution in [0.3, 0.4) is 0 Å². The molecule has 0 saturated carbocycles. The van der Waals surface area contributed by atoms with Crippen molar-refractivity contribution in [2.24, 2.45) is 5.73 Å². The smallest absolute Gasteiger partial charge is 0.322 e. The van der Waals surface area contributed by atoms with Crippen LogP contribution in [0.2, 0.25) is 0 Å². The third kappa shape index (κ3) is 12.3. The largest absolute Gasteiger partial charge is 0.508 e. The number of aromatic hydroxyl groups is 1. The number of hydrogen-bond donors (Lipinski definition) is 9. The van der Waals surface area contributed by atoms with Crippen LogP contribution in [-0.2, 0) is 41.6 Å². The lowest BCUT2D eigenvalue weighted by atomic mass is 10.0. The van der Waals surface area contributed by atoms with Gasteiger partial charge in [0.05, 0.1) is 19.1 Å². The highest BCUT2D eigenvalue weighted by molar-refractivity contribution is 7.80. The van der Waals surface area contributed by atoms with E-state index in [2.05, 4.69) is 39.2 Å². The summed E-state index contributed by atoms with van der Waals surface area (Å²) < 4.78 is 0. The molecular formula is C27H34N6O8S. The fourth-order valence-corrected chi connectivity index (χ4v) is 3.73. The number of thiol groups is 1. The molecule has 226 valence electrons. The Morgan fingerprint density at radius 2 is 1.21 bits per heavy atom. The summed E-state index contributed by atoms with van der Waals surface area (Å²) >= 11 is 3.99. The molecule has 0 aliphatic heterocycles. The molecule has 0 spiro atoms. The second kappa shape index (κ2) is 17.2. The second-order valence-corrected chi connectivity index (χ2v) is 9.50. The highest BCUT2D eigenvalue weighted by Gasteiger charge is 2.26. The Labute approximate surface area is 247 Å². The van der Waals surface area contributed by atoms with E-state index in [1.54, 1.807) is 42.5 Å². The van der Waals surface area contributed by atoms with Crippen molar-refractivity contribution < 1.29 is 39.0 Å². The van der Waals surface area contributed by atoms with Gasteiger partial charge >= 0.3 is 5.97 Å². The number of phenolic OH excluding ortho intramolecular Hbond substituents is 1. The van der Waals surface area contributed by atoms with Crippen LogP contribution in [0.4, 0.5) is 0 Å². The highest BCUT2D eigenvalue weighted by Crippen LogP contribution is 2.12. The van der Waals surface area contributed by atoms with Crippen molar-refractivity contribution in [3.8, 4) is 5.75 Å². The number of nitrogens with one attached hydrogen (secondary N) is 5. The third-order valence-electron chi connectivity index (χ3n) is 5.76. The maximum absolute atomic E-state index is 13.0. The molecule has 0 fully saturated rings. The number of benzene rings is 2. The van der Waals surface area contributed by atoms with Crippen LogP contribution in [-0.4, -0.2) is 89.2 Å². The van der Waals surface area contributed by atoms with Crippen molar-refractivity contribution in [2.45, 2.75) is 31.0 Å². The van der Waals surface area contributed by atoms with Gasteiger partial charge in [-0.2, -0.15) is 12.6 Å². The van der Waals surface area contributed by atoms with Gasteiger partial charge in [-0.25, -0.2) is 0 Å². The fraction of sp³-hybridized carbons (Fsp3) is 0.333. The minimum Gasteiger partial charge on any atom is -0.508 e. The molecule has 5 amide bonds. The normalized spacial score (nSPS) is 12.6. The van der Waals surface area contributed by atoms with E-state index in [1.165, 1.54) is 12.1 Å². The van der Waals surface area contributed by atoms with Crippen molar-refractivity contribution in [3.05, 3.63) is 65.7 Å². The van der Waals surface area contributed by atoms with Crippen molar-refractivity contribution in [3.63, 3.8) is 0 Å². The molecule has 9 N–H and O–H groups in total. The first-order valence-electron chi connectivity index (χ1n) is 12.8. The summed E-state index contributed by atoms with van der Waals surface area (Å²) in [5.41, 5.74) is 7.03. The van der Waals surface area contributed by atoms with Gasteiger partial charge in [0.2, 0.25) is 29.5 Å². The Kier molecular flexibility index (Phi) is 13.8. The summed E-state index contributed by atoms with van der Waals surface area (Å²) in [6.45, 7) is -1.68. The van der Waals surface area contributed by atoms with E-state index >= 15 is 0 Å². The Balaban J connectivity index is 2.05. The van der Waals surface area contributed by atoms with Gasteiger partial charge in [0.25, 0.3) is 0 Å². The molecule has 42 heavy (non-hydrogen) atoms. The lowest BCUT2D eigenvalue weighted by Crippen LogP contribution is -2.55. The first-order valence-corrected chi connectivity index (χ1v) is 13.4. The SMILES string of the molecule is N[C@@H](CS)C(=O)N[C@@H](Cc1ccc(O)cc1)C(=O)NCC(=O)N[C@@H](Cc1ccccc1)C(=O)NCC(=O)NCC(=O)O. The van der Waals surface area contributed by atoms with Crippen LogP contribution in [0.5, 0.6) is 5.75 Å². The van der Waals surface area contributed by atoms with Gasteiger partial charge in [-0.15, -0.1) is 0 Å². The predicted molar refractivity (Wildman–Crippen MR) is 154 cm³/mol. The van der Waals surface area contributed by atoms with Crippen molar-refractivity contribution >= 4 is 48.1 Å². The van der Waals surface area contributed by atoms with Crippen LogP contribution in [0, 0.1) is 0 Å². The third-order valence-corrected chi connectivity index (χ3v) is 6.15. The number of rotatable bonds is 16. The van der Waals surface area contributed by atoms with E-state index in [0.29, 0.717) is 11.1 Å². The van der Waals surface area contributed by atoms with Gasteiger partial charge in [0.15, 0.2) is 0 Å². The van der Waals surface area contributed by atoms with E-state index in [9.17, 15) is 33.9 Å². The number of carboxylic acid groups (broad SMARTS) is 1. The van der Waals surface area contributed by atoms with E-state index in [1.807, 2.05) is 0 Å². The molecule has 0 radical (unpaired) electrons. The summed E-state index contributed by atoms with van der Waals surface area (Å²) in [5, 5.41) is 30.1. The molecule has 0 aliphatic carbocycles. The molecule has 0 aromatic heterocycles. The first kappa shape index (κ1) is 33.6. The van der Waals surface area contributed by atoms with Crippen molar-refractivity contribution in [1.82, 2.24) is 26.6 Å². The quantitative estimate of drug-likeness (QED) is 0.0952. The molecular weight excluding hydrogens is 568 g/mol. The molecule has 2 rings (SSSR count). The van der Waals surface area contributed by atoms with E-state index in [-0.39, 0.29) is 24.3 Å². The molecule has 0 unspecified atom stereocenters. The average Bonchev–Trinajstić information content (AvgIpc) is 2.97. The average molecular weight is 603 g/mol. The molecule has 2 aromatic rings. The van der Waals surface area contributed by atoms with Crippen LogP contribution in [0.1, 0.15) is 11.1 Å². The topological polar surface area (TPSA) is 229 Å². The fourth-order valence-electron chi connectivity index (χ4n) is 3.56. The minimum atomic E-state index is -1.25. The Morgan fingerprint density at radius 3 is 1.76 bits per heavy atom. The monoisotopic (exact) mass is 602 g/mol. The summed E-state index contributed by atoms with van der Waals surface area (Å²) in [7, 11) is 0. The molecule has 15 heteroatoms. The zero-order valence-electron chi connectivity index (χ0n) is 22.5. The Morgan fingerprint density at radius 1 is 0.690 bits per heavy atom. The summed E-state index contributed by atoms with van der Waals surface area (Å²) in [6.07, 6.45) is 0.0893. The number of hydrogen-bond acceptors (Lipinski definition) is 9. The maximum Gasteiger partial charge on any atom is 0.322 e. The van der Waals surface area contributed by atoms with Gasteiger partial charge in [-0.05, 0) is 23.3 Å². The van der Waals surface area contributed by atoms with Gasteiger partial charge in [0, 0.05) is 18.6 Å². The highest BCUT2D eigenvalue weighted by atomic mass is 32.1. The van der Waals surface area contributed by atoms with Crippen molar-refractivity contribution in [2.75, 3.05) is 25.4 Å². The summed E-state index contributed by atoms with van der Waals surface area (Å²) in [4.78, 5) is 73.3. The zero-order valence-corrected chi connectivity index (χ0v) is 23.4. The number of carboxylic acids is 1. The van der Waals surface area contributed by atoms with Gasteiger partial charge in [-0.3, -0.25) is 28.8 Å². The Hall–Kier alpha value is -4.63. The molecule has 0 aliphatic rings. The number of nitrogens with two attached hydrogens (primary N) is 1. The number of carbonyl (C=O) groups excluding carboxylic acids is 5. The zero-order chi connectivity index (χ0) is 31.1. The van der Waals surface area contributed by atoms with Crippen LogP contribution in [0.25, 0.3) is 0 Å². The first-order chi connectivity index (χ1) is 20.0. The summed E-state index contributed by atoms with van der Waals surface area (Å²) in [6, 6.07) is 11.5. The lowest BCUT2D eigenvalue weighted by Gasteiger charge is -2.21. The minimum absolute atomic E-state index is 0.0209. The molecule has 0 heterocycles. The number of carbonyl (C=O) groups is 6. The number of amides is 5. The predicted octanol–water partition coefficient (Wildman–Crippen LogP) is -2.16. The van der Waals surface area contributed by atoms with Crippen LogP contribution in [0.15, 0.2) is 54.6 Å². The maximum atomic E-state index is 13.0. The Bertz CT molecular complexity index is 1240.